The largest absolute Gasteiger partial charge is 0.356 e. The normalized spacial score (nSPS) is 16.1. The van der Waals surface area contributed by atoms with E-state index in [4.69, 9.17) is 0 Å². The Morgan fingerprint density at radius 3 is 2.86 bits per heavy atom. The highest BCUT2D eigenvalue weighted by Gasteiger charge is 2.13. The van der Waals surface area contributed by atoms with E-state index in [1.165, 1.54) is 32.4 Å². The fourth-order valence-corrected chi connectivity index (χ4v) is 3.50. The molecule has 0 unspecified atom stereocenters. The summed E-state index contributed by atoms with van der Waals surface area (Å²) in [6.45, 7) is 5.04. The molecule has 0 aromatic carbocycles. The summed E-state index contributed by atoms with van der Waals surface area (Å²) in [7, 11) is 4.09. The lowest BCUT2D eigenvalue weighted by atomic mass is 10.1. The second-order valence-electron chi connectivity index (χ2n) is 6.25. The van der Waals surface area contributed by atoms with E-state index >= 15 is 0 Å². The van der Waals surface area contributed by atoms with Gasteiger partial charge >= 0.3 is 0 Å². The zero-order valence-corrected chi connectivity index (χ0v) is 14.6. The van der Waals surface area contributed by atoms with Crippen LogP contribution in [0.25, 0.3) is 0 Å². The lowest BCUT2D eigenvalue weighted by Crippen LogP contribution is -2.29. The van der Waals surface area contributed by atoms with Crippen molar-refractivity contribution in [3.63, 3.8) is 0 Å². The average molecular weight is 324 g/mol. The van der Waals surface area contributed by atoms with Crippen molar-refractivity contribution in [3.05, 3.63) is 16.1 Å². The molecule has 5 nitrogen and oxygen atoms in total. The van der Waals surface area contributed by atoms with Crippen molar-refractivity contribution in [2.45, 2.75) is 38.6 Å². The van der Waals surface area contributed by atoms with Crippen molar-refractivity contribution < 1.29 is 4.79 Å². The number of likely N-dealkylation sites (tertiary alicyclic amines) is 1. The summed E-state index contributed by atoms with van der Waals surface area (Å²) >= 11 is 1.68. The van der Waals surface area contributed by atoms with Crippen LogP contribution in [0.15, 0.2) is 5.38 Å². The second-order valence-corrected chi connectivity index (χ2v) is 7.20. The number of aromatic nitrogens is 1. The molecule has 1 N–H and O–H groups in total. The molecular weight excluding hydrogens is 296 g/mol. The molecule has 0 atom stereocenters. The van der Waals surface area contributed by atoms with E-state index in [0.29, 0.717) is 6.42 Å². The van der Waals surface area contributed by atoms with E-state index in [1.54, 1.807) is 11.3 Å². The fourth-order valence-electron chi connectivity index (χ4n) is 2.66. The van der Waals surface area contributed by atoms with Crippen molar-refractivity contribution >= 4 is 17.2 Å². The van der Waals surface area contributed by atoms with Crippen LogP contribution >= 0.6 is 11.3 Å². The van der Waals surface area contributed by atoms with Gasteiger partial charge in [0.1, 0.15) is 5.01 Å². The van der Waals surface area contributed by atoms with Gasteiger partial charge in [-0.2, -0.15) is 0 Å². The molecule has 22 heavy (non-hydrogen) atoms. The van der Waals surface area contributed by atoms with E-state index in [2.05, 4.69) is 20.1 Å². The lowest BCUT2D eigenvalue weighted by molar-refractivity contribution is -0.120. The van der Waals surface area contributed by atoms with Crippen molar-refractivity contribution in [3.8, 4) is 0 Å². The van der Waals surface area contributed by atoms with Crippen LogP contribution in [0, 0.1) is 0 Å². The Morgan fingerprint density at radius 2 is 2.14 bits per heavy atom. The van der Waals surface area contributed by atoms with Gasteiger partial charge in [-0.05, 0) is 53.0 Å². The van der Waals surface area contributed by atoms with E-state index in [9.17, 15) is 4.79 Å². The molecule has 1 saturated heterocycles. The van der Waals surface area contributed by atoms with E-state index < -0.39 is 0 Å². The highest BCUT2D eigenvalue weighted by atomic mass is 32.1. The van der Waals surface area contributed by atoms with Crippen LogP contribution < -0.4 is 5.32 Å². The maximum atomic E-state index is 11.9. The Balaban J connectivity index is 1.68. The van der Waals surface area contributed by atoms with Crippen LogP contribution in [-0.4, -0.2) is 61.0 Å². The number of amides is 1. The first-order valence-corrected chi connectivity index (χ1v) is 9.08. The number of hydrogen-bond donors (Lipinski definition) is 1. The third-order valence-corrected chi connectivity index (χ3v) is 4.74. The van der Waals surface area contributed by atoms with Gasteiger partial charge in [0, 0.05) is 11.9 Å². The van der Waals surface area contributed by atoms with Crippen LogP contribution in [-0.2, 0) is 17.8 Å². The summed E-state index contributed by atoms with van der Waals surface area (Å²) in [6, 6.07) is 0. The predicted octanol–water partition coefficient (Wildman–Crippen LogP) is 1.74. The Morgan fingerprint density at radius 1 is 1.36 bits per heavy atom. The maximum Gasteiger partial charge on any atom is 0.226 e. The molecule has 1 amide bonds. The molecule has 0 aliphatic carbocycles. The standard InChI is InChI=1S/C16H28N4OS/c1-19(2)8-6-7-17-15(21)11-14-13-22-16(18-14)12-20-9-4-3-5-10-20/h13H,3-12H2,1-2H3,(H,17,21). The number of nitrogens with one attached hydrogen (secondary N) is 1. The van der Waals surface area contributed by atoms with E-state index in [-0.39, 0.29) is 5.91 Å². The molecule has 124 valence electrons. The van der Waals surface area contributed by atoms with E-state index in [0.717, 1.165) is 36.8 Å². The van der Waals surface area contributed by atoms with Crippen LogP contribution in [0.2, 0.25) is 0 Å². The number of thiazole rings is 1. The van der Waals surface area contributed by atoms with Gasteiger partial charge in [-0.15, -0.1) is 11.3 Å². The van der Waals surface area contributed by atoms with Gasteiger partial charge in [0.05, 0.1) is 18.7 Å². The highest BCUT2D eigenvalue weighted by molar-refractivity contribution is 7.09. The molecule has 0 bridgehead atoms. The molecule has 2 heterocycles. The Hall–Kier alpha value is -0.980. The summed E-state index contributed by atoms with van der Waals surface area (Å²) in [5.41, 5.74) is 0.905. The number of nitrogens with zero attached hydrogens (tertiary/aromatic N) is 3. The molecule has 1 aliphatic heterocycles. The maximum absolute atomic E-state index is 11.9. The first-order valence-electron chi connectivity index (χ1n) is 8.20. The van der Waals surface area contributed by atoms with Crippen molar-refractivity contribution in [2.75, 3.05) is 40.3 Å². The minimum Gasteiger partial charge on any atom is -0.356 e. The quantitative estimate of drug-likeness (QED) is 0.740. The van der Waals surface area contributed by atoms with Gasteiger partial charge in [-0.3, -0.25) is 9.69 Å². The molecule has 1 fully saturated rings. The molecular formula is C16H28N4OS. The molecule has 1 aromatic heterocycles. The third kappa shape index (κ3) is 6.42. The summed E-state index contributed by atoms with van der Waals surface area (Å²) in [5, 5.41) is 6.13. The summed E-state index contributed by atoms with van der Waals surface area (Å²) in [4.78, 5) is 21.1. The number of carbonyl (C=O) groups is 1. The minimum absolute atomic E-state index is 0.0774. The zero-order chi connectivity index (χ0) is 15.8. The first-order chi connectivity index (χ1) is 10.6. The number of carbonyl (C=O) groups excluding carboxylic acids is 1. The van der Waals surface area contributed by atoms with Crippen LogP contribution in [0.3, 0.4) is 0 Å². The van der Waals surface area contributed by atoms with Crippen LogP contribution in [0.4, 0.5) is 0 Å². The Kier molecular flexibility index (Phi) is 7.29. The van der Waals surface area contributed by atoms with Crippen LogP contribution in [0.5, 0.6) is 0 Å². The molecule has 0 radical (unpaired) electrons. The predicted molar refractivity (Wildman–Crippen MR) is 91.1 cm³/mol. The number of piperidine rings is 1. The van der Waals surface area contributed by atoms with Crippen LogP contribution in [0.1, 0.15) is 36.4 Å². The molecule has 6 heteroatoms. The van der Waals surface area contributed by atoms with Gasteiger partial charge in [-0.25, -0.2) is 4.98 Å². The second kappa shape index (κ2) is 9.22. The van der Waals surface area contributed by atoms with Gasteiger partial charge in [-0.1, -0.05) is 6.42 Å². The summed E-state index contributed by atoms with van der Waals surface area (Å²) in [5.74, 6) is 0.0774. The van der Waals surface area contributed by atoms with E-state index in [1.807, 2.05) is 19.5 Å². The fraction of sp³-hybridized carbons (Fsp3) is 0.750. The molecule has 2 rings (SSSR count). The minimum atomic E-state index is 0.0774. The summed E-state index contributed by atoms with van der Waals surface area (Å²) in [6.07, 6.45) is 5.34. The Bertz CT molecular complexity index is 455. The zero-order valence-electron chi connectivity index (χ0n) is 13.8. The van der Waals surface area contributed by atoms with Gasteiger partial charge in [0.25, 0.3) is 0 Å². The van der Waals surface area contributed by atoms with Crippen molar-refractivity contribution in [1.82, 2.24) is 20.1 Å². The van der Waals surface area contributed by atoms with Gasteiger partial charge in [0.15, 0.2) is 0 Å². The van der Waals surface area contributed by atoms with Gasteiger partial charge < -0.3 is 10.2 Å². The smallest absolute Gasteiger partial charge is 0.226 e. The highest BCUT2D eigenvalue weighted by Crippen LogP contribution is 2.16. The number of hydrogen-bond acceptors (Lipinski definition) is 5. The lowest BCUT2D eigenvalue weighted by Gasteiger charge is -2.25. The average Bonchev–Trinajstić information content (AvgIpc) is 2.91. The topological polar surface area (TPSA) is 48.5 Å². The molecule has 0 spiro atoms. The monoisotopic (exact) mass is 324 g/mol. The SMILES string of the molecule is CN(C)CCCNC(=O)Cc1csc(CN2CCCCC2)n1. The van der Waals surface area contributed by atoms with Crippen molar-refractivity contribution in [2.24, 2.45) is 0 Å². The molecule has 1 aliphatic rings. The molecule has 1 aromatic rings. The summed E-state index contributed by atoms with van der Waals surface area (Å²) < 4.78 is 0. The first kappa shape index (κ1) is 17.4. The van der Waals surface area contributed by atoms with Gasteiger partial charge in [0.2, 0.25) is 5.91 Å². The van der Waals surface area contributed by atoms with Crippen molar-refractivity contribution in [1.29, 1.82) is 0 Å². The molecule has 0 saturated carbocycles. The third-order valence-electron chi connectivity index (χ3n) is 3.85. The Labute approximate surface area is 137 Å². The number of rotatable bonds is 8.